The predicted molar refractivity (Wildman–Crippen MR) is 63.7 cm³/mol. The molecular formula is C11H13NO3S. The number of hydrogen-bond acceptors (Lipinski definition) is 3. The summed E-state index contributed by atoms with van der Waals surface area (Å²) in [5.41, 5.74) is 0.847. The minimum absolute atomic E-state index is 0.197. The molecule has 0 amide bonds. The Bertz CT molecular complexity index is 389. The third kappa shape index (κ3) is 4.84. The van der Waals surface area contributed by atoms with Gasteiger partial charge in [0.25, 0.3) is 0 Å². The fourth-order valence-corrected chi connectivity index (χ4v) is 1.60. The lowest BCUT2D eigenvalue weighted by atomic mass is 10.2. The van der Waals surface area contributed by atoms with Crippen molar-refractivity contribution in [3.05, 3.63) is 35.9 Å². The molecule has 0 aromatic heterocycles. The monoisotopic (exact) mass is 239 g/mol. The van der Waals surface area contributed by atoms with Gasteiger partial charge in [-0.1, -0.05) is 30.3 Å². The number of rotatable bonds is 5. The summed E-state index contributed by atoms with van der Waals surface area (Å²) in [4.78, 5) is 11.0. The Morgan fingerprint density at radius 2 is 2.12 bits per heavy atom. The molecule has 5 heteroatoms. The highest BCUT2D eigenvalue weighted by Crippen LogP contribution is 1.95. The van der Waals surface area contributed by atoms with Crippen LogP contribution < -0.4 is 0 Å². The lowest BCUT2D eigenvalue weighted by molar-refractivity contribution is -0.139. The first-order valence-corrected chi connectivity index (χ1v) is 6.13. The van der Waals surface area contributed by atoms with Crippen LogP contribution in [0.2, 0.25) is 0 Å². The van der Waals surface area contributed by atoms with E-state index >= 15 is 0 Å². The number of carbonyl (C=O) groups is 1. The molecule has 1 rings (SSSR count). The van der Waals surface area contributed by atoms with E-state index in [1.807, 2.05) is 30.3 Å². The van der Waals surface area contributed by atoms with Crippen LogP contribution in [0.3, 0.4) is 0 Å². The second kappa shape index (κ2) is 6.90. The fourth-order valence-electron chi connectivity index (χ4n) is 0.999. The molecule has 0 unspecified atom stereocenters. The van der Waals surface area contributed by atoms with Gasteiger partial charge in [0.05, 0.1) is 6.61 Å². The average Bonchev–Trinajstić information content (AvgIpc) is 2.28. The van der Waals surface area contributed by atoms with E-state index in [4.69, 9.17) is 0 Å². The summed E-state index contributed by atoms with van der Waals surface area (Å²) < 4.78 is 19.7. The van der Waals surface area contributed by atoms with Gasteiger partial charge in [-0.3, -0.25) is 4.79 Å². The molecular weight excluding hydrogens is 226 g/mol. The van der Waals surface area contributed by atoms with Gasteiger partial charge in [0.15, 0.2) is 11.0 Å². The number of ether oxygens (including phenoxy) is 1. The summed E-state index contributed by atoms with van der Waals surface area (Å²) in [6.45, 7) is 1.99. The van der Waals surface area contributed by atoms with E-state index in [-0.39, 0.29) is 5.75 Å². The van der Waals surface area contributed by atoms with Crippen molar-refractivity contribution in [2.24, 2.45) is 4.40 Å². The zero-order chi connectivity index (χ0) is 11.8. The van der Waals surface area contributed by atoms with Gasteiger partial charge in [-0.15, -0.1) is 0 Å². The highest BCUT2D eigenvalue weighted by Gasteiger charge is 2.06. The van der Waals surface area contributed by atoms with E-state index in [1.54, 1.807) is 6.92 Å². The average molecular weight is 239 g/mol. The third-order valence-electron chi connectivity index (χ3n) is 1.67. The van der Waals surface area contributed by atoms with Crippen LogP contribution in [0.1, 0.15) is 12.5 Å². The first-order valence-electron chi connectivity index (χ1n) is 4.85. The van der Waals surface area contributed by atoms with Crippen molar-refractivity contribution in [2.75, 3.05) is 12.4 Å². The summed E-state index contributed by atoms with van der Waals surface area (Å²) in [6, 6.07) is 9.27. The Balaban J connectivity index is 2.46. The molecule has 0 aliphatic rings. The van der Waals surface area contributed by atoms with Crippen molar-refractivity contribution < 1.29 is 13.7 Å². The van der Waals surface area contributed by atoms with E-state index in [0.717, 1.165) is 5.56 Å². The van der Waals surface area contributed by atoms with Crippen LogP contribution in [0.5, 0.6) is 0 Å². The lowest BCUT2D eigenvalue weighted by Crippen LogP contribution is -2.12. The minimum atomic E-state index is -1.56. The van der Waals surface area contributed by atoms with Crippen molar-refractivity contribution in [1.29, 1.82) is 0 Å². The zero-order valence-corrected chi connectivity index (χ0v) is 9.78. The van der Waals surface area contributed by atoms with Crippen LogP contribution in [0, 0.1) is 0 Å². The molecule has 16 heavy (non-hydrogen) atoms. The van der Waals surface area contributed by atoms with Crippen molar-refractivity contribution in [3.63, 3.8) is 0 Å². The predicted octanol–water partition coefficient (Wildman–Crippen LogP) is 1.33. The smallest absolute Gasteiger partial charge is 0.320 e. The van der Waals surface area contributed by atoms with Crippen molar-refractivity contribution in [3.8, 4) is 0 Å². The normalized spacial score (nSPS) is 12.6. The summed E-state index contributed by atoms with van der Waals surface area (Å²) in [5.74, 6) is -0.692. The first-order chi connectivity index (χ1) is 7.72. The van der Waals surface area contributed by atoms with Gasteiger partial charge in [-0.2, -0.15) is 4.40 Å². The molecule has 0 heterocycles. The van der Waals surface area contributed by atoms with Crippen LogP contribution in [-0.2, 0) is 20.5 Å². The molecule has 0 saturated carbocycles. The summed E-state index contributed by atoms with van der Waals surface area (Å²) in [7, 11) is -1.56. The molecule has 1 aromatic rings. The van der Waals surface area contributed by atoms with Crippen LogP contribution >= 0.6 is 0 Å². The second-order valence-corrected chi connectivity index (χ2v) is 4.06. The van der Waals surface area contributed by atoms with E-state index in [0.29, 0.717) is 6.61 Å². The standard InChI is InChI=1S/C11H13NO3S/c1-2-15-11(13)9-16(14)12-8-10-6-4-3-5-7-10/h3-8H,2,9H2,1H3/b12-8+/t16-/m0/s1. The maximum atomic E-state index is 11.3. The van der Waals surface area contributed by atoms with Gasteiger partial charge in [0, 0.05) is 6.21 Å². The maximum Gasteiger partial charge on any atom is 0.320 e. The van der Waals surface area contributed by atoms with Crippen molar-refractivity contribution in [1.82, 2.24) is 0 Å². The molecule has 1 aromatic carbocycles. The number of benzene rings is 1. The van der Waals surface area contributed by atoms with Crippen molar-refractivity contribution >= 4 is 23.2 Å². The molecule has 1 atom stereocenters. The van der Waals surface area contributed by atoms with Crippen LogP contribution in [0.15, 0.2) is 34.7 Å². The first kappa shape index (κ1) is 12.6. The highest BCUT2D eigenvalue weighted by atomic mass is 32.2. The summed E-state index contributed by atoms with van der Waals surface area (Å²) >= 11 is 0. The van der Waals surface area contributed by atoms with Gasteiger partial charge in [-0.25, -0.2) is 4.21 Å². The van der Waals surface area contributed by atoms with Gasteiger partial charge in [0.2, 0.25) is 0 Å². The minimum Gasteiger partial charge on any atom is -0.465 e. The number of hydrogen-bond donors (Lipinski definition) is 0. The molecule has 0 radical (unpaired) electrons. The summed E-state index contributed by atoms with van der Waals surface area (Å²) in [5, 5.41) is 0. The van der Waals surface area contributed by atoms with E-state index in [1.165, 1.54) is 6.21 Å². The zero-order valence-electron chi connectivity index (χ0n) is 8.96. The van der Waals surface area contributed by atoms with E-state index in [2.05, 4.69) is 9.13 Å². The number of nitrogens with zero attached hydrogens (tertiary/aromatic N) is 1. The third-order valence-corrected chi connectivity index (χ3v) is 2.49. The van der Waals surface area contributed by atoms with Gasteiger partial charge in [-0.05, 0) is 12.5 Å². The Morgan fingerprint density at radius 1 is 1.44 bits per heavy atom. The molecule has 0 spiro atoms. The topological polar surface area (TPSA) is 55.7 Å². The quantitative estimate of drug-likeness (QED) is 0.575. The van der Waals surface area contributed by atoms with Crippen LogP contribution in [-0.4, -0.2) is 28.8 Å². The number of carbonyl (C=O) groups excluding carboxylic acids is 1. The Labute approximate surface area is 96.9 Å². The molecule has 0 aliphatic carbocycles. The molecule has 0 fully saturated rings. The van der Waals surface area contributed by atoms with Crippen LogP contribution in [0.25, 0.3) is 0 Å². The second-order valence-electron chi connectivity index (χ2n) is 2.92. The van der Waals surface area contributed by atoms with Crippen LogP contribution in [0.4, 0.5) is 0 Å². The fraction of sp³-hybridized carbons (Fsp3) is 0.273. The largest absolute Gasteiger partial charge is 0.465 e. The van der Waals surface area contributed by atoms with E-state index < -0.39 is 17.0 Å². The Morgan fingerprint density at radius 3 is 2.75 bits per heavy atom. The summed E-state index contributed by atoms with van der Waals surface area (Å²) in [6.07, 6.45) is 1.48. The molecule has 4 nitrogen and oxygen atoms in total. The lowest BCUT2D eigenvalue weighted by Gasteiger charge is -1.97. The molecule has 0 N–H and O–H groups in total. The Hall–Kier alpha value is -1.49. The molecule has 0 saturated heterocycles. The molecule has 0 aliphatic heterocycles. The van der Waals surface area contributed by atoms with Gasteiger partial charge in [0.1, 0.15) is 5.75 Å². The van der Waals surface area contributed by atoms with E-state index in [9.17, 15) is 9.00 Å². The highest BCUT2D eigenvalue weighted by molar-refractivity contribution is 7.84. The van der Waals surface area contributed by atoms with Gasteiger partial charge >= 0.3 is 5.97 Å². The molecule has 0 bridgehead atoms. The van der Waals surface area contributed by atoms with Gasteiger partial charge < -0.3 is 4.74 Å². The number of esters is 1. The van der Waals surface area contributed by atoms with Crippen molar-refractivity contribution in [2.45, 2.75) is 6.92 Å². The molecule has 86 valence electrons. The SMILES string of the molecule is CCOC(=O)C[S@](=O)/N=C/c1ccccc1. The maximum absolute atomic E-state index is 11.3. The Kier molecular flexibility index (Phi) is 5.42.